The summed E-state index contributed by atoms with van der Waals surface area (Å²) in [7, 11) is 0. The highest BCUT2D eigenvalue weighted by molar-refractivity contribution is 6.33. The number of esters is 1. The Bertz CT molecular complexity index is 983. The Balaban J connectivity index is 1.86. The monoisotopic (exact) mass is 486 g/mol. The number of benzene rings is 1. The van der Waals surface area contributed by atoms with Crippen molar-refractivity contribution in [1.82, 2.24) is 4.90 Å². The van der Waals surface area contributed by atoms with Crippen LogP contribution in [0.2, 0.25) is 5.02 Å². The van der Waals surface area contributed by atoms with Crippen LogP contribution in [-0.4, -0.2) is 48.3 Å². The van der Waals surface area contributed by atoms with Gasteiger partial charge in [-0.2, -0.15) is 0 Å². The van der Waals surface area contributed by atoms with Crippen molar-refractivity contribution in [1.29, 1.82) is 0 Å². The highest BCUT2D eigenvalue weighted by Crippen LogP contribution is 2.29. The average molecular weight is 487 g/mol. The summed E-state index contributed by atoms with van der Waals surface area (Å²) < 4.78 is 5.53. The van der Waals surface area contributed by atoms with Gasteiger partial charge in [0.25, 0.3) is 5.91 Å². The number of ether oxygens (including phenoxy) is 1. The van der Waals surface area contributed by atoms with E-state index in [-0.39, 0.29) is 18.6 Å². The lowest BCUT2D eigenvalue weighted by Gasteiger charge is -2.32. The number of carbonyl (C=O) groups is 2. The number of fused-ring (bicyclic) bond motifs is 1. The first-order chi connectivity index (χ1) is 16.4. The Morgan fingerprint density at radius 3 is 2.74 bits per heavy atom. The van der Waals surface area contributed by atoms with E-state index in [1.165, 1.54) is 0 Å². The minimum atomic E-state index is -0.390. The number of hydrogen-bond donors (Lipinski definition) is 0. The van der Waals surface area contributed by atoms with E-state index in [0.29, 0.717) is 41.3 Å². The van der Waals surface area contributed by atoms with E-state index in [1.807, 2.05) is 43.0 Å². The van der Waals surface area contributed by atoms with Crippen LogP contribution < -0.4 is 0 Å². The van der Waals surface area contributed by atoms with Crippen LogP contribution in [0.4, 0.5) is 0 Å². The number of hydrogen-bond acceptors (Lipinski definition) is 5. The molecule has 1 aromatic rings. The first kappa shape index (κ1) is 26.0. The smallest absolute Gasteiger partial charge is 0.338 e. The molecule has 2 heterocycles. The lowest BCUT2D eigenvalue weighted by Crippen LogP contribution is -2.43. The molecule has 1 amide bonds. The van der Waals surface area contributed by atoms with Crippen LogP contribution in [0.3, 0.4) is 0 Å². The maximum atomic E-state index is 12.9. The first-order valence-electron chi connectivity index (χ1n) is 12.1. The van der Waals surface area contributed by atoms with Crippen LogP contribution in [0.5, 0.6) is 0 Å². The first-order valence-corrected chi connectivity index (χ1v) is 12.5. The molecule has 1 atom stereocenters. The Kier molecular flexibility index (Phi) is 9.75. The Labute approximate surface area is 207 Å². The van der Waals surface area contributed by atoms with Gasteiger partial charge in [0.1, 0.15) is 0 Å². The van der Waals surface area contributed by atoms with Crippen molar-refractivity contribution in [2.75, 3.05) is 19.8 Å². The summed E-state index contributed by atoms with van der Waals surface area (Å²) in [6.45, 7) is 6.83. The molecule has 0 aromatic heterocycles. The molecular formula is C27H35ClN2O4. The molecule has 1 saturated heterocycles. The van der Waals surface area contributed by atoms with E-state index in [9.17, 15) is 9.59 Å². The van der Waals surface area contributed by atoms with Gasteiger partial charge in [-0.05, 0) is 82.1 Å². The van der Waals surface area contributed by atoms with Crippen LogP contribution in [0, 0.1) is 13.8 Å². The van der Waals surface area contributed by atoms with Gasteiger partial charge in [-0.25, -0.2) is 4.79 Å². The summed E-state index contributed by atoms with van der Waals surface area (Å²) in [6.07, 6.45) is 13.9. The fourth-order valence-electron chi connectivity index (χ4n) is 4.46. The van der Waals surface area contributed by atoms with Crippen molar-refractivity contribution in [2.45, 2.75) is 71.8 Å². The lowest BCUT2D eigenvalue weighted by molar-refractivity contribution is -0.139. The van der Waals surface area contributed by atoms with Gasteiger partial charge >= 0.3 is 5.97 Å². The summed E-state index contributed by atoms with van der Waals surface area (Å²) in [5.41, 5.74) is 3.42. The maximum absolute atomic E-state index is 12.9. The van der Waals surface area contributed by atoms with Gasteiger partial charge in [-0.15, -0.1) is 0 Å². The van der Waals surface area contributed by atoms with E-state index >= 15 is 0 Å². The van der Waals surface area contributed by atoms with Gasteiger partial charge in [0.05, 0.1) is 17.9 Å². The number of rotatable bonds is 3. The molecule has 0 N–H and O–H groups in total. The molecule has 1 aromatic carbocycles. The zero-order valence-electron chi connectivity index (χ0n) is 20.4. The molecule has 7 heteroatoms. The number of cyclic esters (lactones) is 1. The molecule has 184 valence electrons. The van der Waals surface area contributed by atoms with Gasteiger partial charge in [-0.3, -0.25) is 4.79 Å². The highest BCUT2D eigenvalue weighted by atomic mass is 35.5. The summed E-state index contributed by atoms with van der Waals surface area (Å²) in [5, 5.41) is 4.81. The molecule has 1 unspecified atom stereocenters. The molecule has 0 spiro atoms. The van der Waals surface area contributed by atoms with Crippen molar-refractivity contribution < 1.29 is 19.2 Å². The highest BCUT2D eigenvalue weighted by Gasteiger charge is 2.24. The second-order valence-corrected chi connectivity index (χ2v) is 9.40. The molecular weight excluding hydrogens is 452 g/mol. The SMILES string of the molecule is Cc1cc(C)c2c(c1Cl)CC(=N/OCC(=O)N1CCCCC1C)/C=C/CC/C=C/CCOC2=O. The zero-order valence-corrected chi connectivity index (χ0v) is 21.2. The number of amides is 1. The van der Waals surface area contributed by atoms with Crippen molar-refractivity contribution >= 4 is 29.2 Å². The predicted molar refractivity (Wildman–Crippen MR) is 135 cm³/mol. The van der Waals surface area contributed by atoms with Crippen molar-refractivity contribution in [3.63, 3.8) is 0 Å². The minimum Gasteiger partial charge on any atom is -0.462 e. The molecule has 34 heavy (non-hydrogen) atoms. The van der Waals surface area contributed by atoms with Gasteiger partial charge < -0.3 is 14.5 Å². The van der Waals surface area contributed by atoms with Crippen LogP contribution in [0.25, 0.3) is 0 Å². The second-order valence-electron chi connectivity index (χ2n) is 9.02. The second kappa shape index (κ2) is 12.7. The summed E-state index contributed by atoms with van der Waals surface area (Å²) in [6, 6.07) is 2.12. The number of piperidine rings is 1. The molecule has 1 fully saturated rings. The largest absolute Gasteiger partial charge is 0.462 e. The summed E-state index contributed by atoms with van der Waals surface area (Å²) in [5.74, 6) is -0.446. The fraction of sp³-hybridized carbons (Fsp3) is 0.519. The number of aryl methyl sites for hydroxylation is 2. The van der Waals surface area contributed by atoms with Gasteiger partial charge in [0, 0.05) is 24.0 Å². The van der Waals surface area contributed by atoms with Gasteiger partial charge in [0.2, 0.25) is 0 Å². The van der Waals surface area contributed by atoms with Crippen LogP contribution in [0.15, 0.2) is 35.5 Å². The van der Waals surface area contributed by atoms with E-state index in [1.54, 1.807) is 0 Å². The summed E-state index contributed by atoms with van der Waals surface area (Å²) in [4.78, 5) is 33.0. The van der Waals surface area contributed by atoms with Crippen LogP contribution in [0.1, 0.15) is 72.5 Å². The quantitative estimate of drug-likeness (QED) is 0.311. The fourth-order valence-corrected chi connectivity index (χ4v) is 4.68. The topological polar surface area (TPSA) is 68.2 Å². The lowest BCUT2D eigenvalue weighted by atomic mass is 9.94. The third-order valence-corrected chi connectivity index (χ3v) is 6.82. The average Bonchev–Trinajstić information content (AvgIpc) is 2.80. The number of halogens is 1. The molecule has 0 saturated carbocycles. The molecule has 0 radical (unpaired) electrons. The Hall–Kier alpha value is -2.60. The third-order valence-electron chi connectivity index (χ3n) is 6.29. The minimum absolute atomic E-state index is 0.0553. The molecule has 6 nitrogen and oxygen atoms in total. The van der Waals surface area contributed by atoms with Gasteiger partial charge in [0.15, 0.2) is 6.61 Å². The number of allylic oxidation sites excluding steroid dienone is 3. The zero-order chi connectivity index (χ0) is 24.5. The van der Waals surface area contributed by atoms with Crippen molar-refractivity contribution in [3.05, 3.63) is 57.6 Å². The molecule has 3 rings (SSSR count). The summed E-state index contributed by atoms with van der Waals surface area (Å²) >= 11 is 6.67. The molecule has 2 aliphatic rings. The Morgan fingerprint density at radius 2 is 1.94 bits per heavy atom. The van der Waals surface area contributed by atoms with Crippen molar-refractivity contribution in [3.8, 4) is 0 Å². The number of likely N-dealkylation sites (tertiary alicyclic amines) is 1. The van der Waals surface area contributed by atoms with E-state index in [2.05, 4.69) is 18.2 Å². The number of nitrogens with zero attached hydrogens (tertiary/aromatic N) is 2. The molecule has 0 bridgehead atoms. The van der Waals surface area contributed by atoms with Crippen LogP contribution >= 0.6 is 11.6 Å². The maximum Gasteiger partial charge on any atom is 0.338 e. The normalized spacial score (nSPS) is 22.9. The van der Waals surface area contributed by atoms with Crippen LogP contribution in [-0.2, 0) is 20.8 Å². The third kappa shape index (κ3) is 6.95. The number of oxime groups is 1. The molecule has 0 aliphatic carbocycles. The Morgan fingerprint density at radius 1 is 1.18 bits per heavy atom. The van der Waals surface area contributed by atoms with Gasteiger partial charge in [-0.1, -0.05) is 41.1 Å². The van der Waals surface area contributed by atoms with E-state index in [4.69, 9.17) is 21.2 Å². The predicted octanol–water partition coefficient (Wildman–Crippen LogP) is 5.73. The van der Waals surface area contributed by atoms with E-state index in [0.717, 1.165) is 49.8 Å². The molecule has 2 aliphatic heterocycles. The standard InChI is InChI=1S/C27H35ClN2O4/c1-19-16-20(2)26(28)23-17-22(29-34-18-24(31)30-14-10-9-12-21(30)3)13-8-6-4-5-7-11-15-33-27(32)25(19)23/h5,7-8,13,16,21H,4,6,9-12,14-15,17-18H2,1-3H3/b7-5+,13-8+,29-22+. The van der Waals surface area contributed by atoms with Crippen molar-refractivity contribution in [2.24, 2.45) is 5.16 Å². The number of carbonyl (C=O) groups excluding carboxylic acids is 2. The van der Waals surface area contributed by atoms with E-state index < -0.39 is 5.97 Å².